The number of benzene rings is 1. The van der Waals surface area contributed by atoms with Crippen LogP contribution in [0.2, 0.25) is 0 Å². The molecule has 1 aromatic carbocycles. The Hall–Kier alpha value is -0.930. The van der Waals surface area contributed by atoms with Gasteiger partial charge in [0.05, 0.1) is 12.7 Å². The van der Waals surface area contributed by atoms with Gasteiger partial charge in [0.1, 0.15) is 5.82 Å². The lowest BCUT2D eigenvalue weighted by atomic mass is 10.0. The van der Waals surface area contributed by atoms with E-state index in [1.165, 1.54) is 0 Å². The highest BCUT2D eigenvalue weighted by Crippen LogP contribution is 2.36. The number of fused-ring (bicyclic) bond motifs is 1. The highest BCUT2D eigenvalue weighted by molar-refractivity contribution is 5.22. The average molecular weight is 249 g/mol. The Morgan fingerprint density at radius 2 is 2.00 bits per heavy atom. The zero-order valence-corrected chi connectivity index (χ0v) is 10.8. The molecule has 1 aliphatic carbocycles. The molecule has 0 aromatic heterocycles. The Morgan fingerprint density at radius 3 is 2.67 bits per heavy atom. The van der Waals surface area contributed by atoms with Crippen LogP contribution in [0.5, 0.6) is 0 Å². The third kappa shape index (κ3) is 2.43. The van der Waals surface area contributed by atoms with Crippen molar-refractivity contribution in [3.8, 4) is 0 Å². The fraction of sp³-hybridized carbons (Fsp3) is 0.600. The second kappa shape index (κ2) is 4.98. The Kier molecular flexibility index (Phi) is 3.35. The molecule has 1 aliphatic heterocycles. The predicted octanol–water partition coefficient (Wildman–Crippen LogP) is 2.65. The van der Waals surface area contributed by atoms with Gasteiger partial charge in [-0.15, -0.1) is 0 Å². The van der Waals surface area contributed by atoms with Gasteiger partial charge in [0.2, 0.25) is 0 Å². The van der Waals surface area contributed by atoms with Crippen molar-refractivity contribution >= 4 is 0 Å². The molecule has 1 N–H and O–H groups in total. The van der Waals surface area contributed by atoms with Gasteiger partial charge in [-0.1, -0.05) is 12.1 Å². The molecule has 98 valence electrons. The van der Waals surface area contributed by atoms with Gasteiger partial charge >= 0.3 is 0 Å². The zero-order chi connectivity index (χ0) is 12.5. The molecule has 2 unspecified atom stereocenters. The van der Waals surface area contributed by atoms with Gasteiger partial charge in [0.15, 0.2) is 0 Å². The molecule has 1 saturated heterocycles. The van der Waals surface area contributed by atoms with Crippen molar-refractivity contribution in [1.29, 1.82) is 0 Å². The lowest BCUT2D eigenvalue weighted by Gasteiger charge is -2.13. The van der Waals surface area contributed by atoms with E-state index >= 15 is 0 Å². The van der Waals surface area contributed by atoms with E-state index in [4.69, 9.17) is 4.74 Å². The molecule has 2 nitrogen and oxygen atoms in total. The van der Waals surface area contributed by atoms with Crippen LogP contribution in [-0.2, 0) is 11.3 Å². The minimum absolute atomic E-state index is 0.144. The monoisotopic (exact) mass is 249 g/mol. The Bertz CT molecular complexity index is 423. The number of rotatable bonds is 3. The van der Waals surface area contributed by atoms with E-state index in [0.717, 1.165) is 43.3 Å². The van der Waals surface area contributed by atoms with E-state index in [9.17, 15) is 4.39 Å². The highest BCUT2D eigenvalue weighted by Gasteiger charge is 2.37. The van der Waals surface area contributed by atoms with Crippen molar-refractivity contribution in [1.82, 2.24) is 5.32 Å². The maximum atomic E-state index is 13.7. The van der Waals surface area contributed by atoms with Crippen LogP contribution >= 0.6 is 0 Å². The van der Waals surface area contributed by atoms with E-state index in [0.29, 0.717) is 18.3 Å². The fourth-order valence-electron chi connectivity index (χ4n) is 3.22. The van der Waals surface area contributed by atoms with E-state index in [2.05, 4.69) is 5.32 Å². The third-order valence-electron chi connectivity index (χ3n) is 4.29. The number of nitrogens with one attached hydrogen (secondary N) is 1. The summed E-state index contributed by atoms with van der Waals surface area (Å²) in [5.74, 6) is 1.41. The first kappa shape index (κ1) is 12.1. The molecule has 2 atom stereocenters. The molecule has 3 heteroatoms. The van der Waals surface area contributed by atoms with Crippen LogP contribution in [0.15, 0.2) is 18.2 Å². The van der Waals surface area contributed by atoms with Crippen molar-refractivity contribution in [2.45, 2.75) is 32.5 Å². The predicted molar refractivity (Wildman–Crippen MR) is 68.8 cm³/mol. The molecule has 1 heterocycles. The minimum atomic E-state index is -0.144. The van der Waals surface area contributed by atoms with Crippen molar-refractivity contribution in [2.75, 3.05) is 13.1 Å². The normalized spacial score (nSPS) is 30.7. The maximum absolute atomic E-state index is 13.7. The van der Waals surface area contributed by atoms with E-state index < -0.39 is 0 Å². The molecule has 0 amide bonds. The lowest BCUT2D eigenvalue weighted by molar-refractivity contribution is 0.0389. The molecule has 1 aromatic rings. The van der Waals surface area contributed by atoms with Crippen LogP contribution < -0.4 is 5.32 Å². The summed E-state index contributed by atoms with van der Waals surface area (Å²) in [6, 6.07) is 5.35. The zero-order valence-electron chi connectivity index (χ0n) is 10.8. The standard InChI is InChI=1S/C15H20FNO/c1-10-2-3-11(15(16)4-10)9-18-14-5-12-7-17-8-13(12)6-14/h2-4,12-14,17H,5-9H2,1H3. The van der Waals surface area contributed by atoms with Crippen LogP contribution in [0.25, 0.3) is 0 Å². The van der Waals surface area contributed by atoms with E-state index in [1.807, 2.05) is 19.1 Å². The molecular weight excluding hydrogens is 229 g/mol. The summed E-state index contributed by atoms with van der Waals surface area (Å²) < 4.78 is 19.5. The molecule has 0 radical (unpaired) electrons. The van der Waals surface area contributed by atoms with Crippen LogP contribution in [0, 0.1) is 24.6 Å². The Labute approximate surface area is 108 Å². The molecule has 2 fully saturated rings. The largest absolute Gasteiger partial charge is 0.373 e. The van der Waals surface area contributed by atoms with Crippen LogP contribution in [0.4, 0.5) is 4.39 Å². The first-order valence-corrected chi connectivity index (χ1v) is 6.79. The summed E-state index contributed by atoms with van der Waals surface area (Å²) >= 11 is 0. The van der Waals surface area contributed by atoms with Gasteiger partial charge in [-0.05, 0) is 56.3 Å². The quantitative estimate of drug-likeness (QED) is 0.889. The van der Waals surface area contributed by atoms with E-state index in [1.54, 1.807) is 6.07 Å². The topological polar surface area (TPSA) is 21.3 Å². The first-order valence-electron chi connectivity index (χ1n) is 6.79. The molecule has 3 rings (SSSR count). The van der Waals surface area contributed by atoms with Crippen molar-refractivity contribution in [3.05, 3.63) is 35.1 Å². The van der Waals surface area contributed by atoms with Crippen molar-refractivity contribution in [3.63, 3.8) is 0 Å². The smallest absolute Gasteiger partial charge is 0.128 e. The number of hydrogen-bond donors (Lipinski definition) is 1. The number of ether oxygens (including phenoxy) is 1. The summed E-state index contributed by atoms with van der Waals surface area (Å²) in [6.45, 7) is 4.56. The molecule has 0 bridgehead atoms. The molecular formula is C15H20FNO. The summed E-state index contributed by atoms with van der Waals surface area (Å²) in [5.41, 5.74) is 1.63. The Balaban J connectivity index is 1.55. The Morgan fingerprint density at radius 1 is 1.28 bits per heavy atom. The summed E-state index contributed by atoms with van der Waals surface area (Å²) in [5, 5.41) is 3.42. The van der Waals surface area contributed by atoms with Gasteiger partial charge < -0.3 is 10.1 Å². The van der Waals surface area contributed by atoms with Gasteiger partial charge in [0.25, 0.3) is 0 Å². The van der Waals surface area contributed by atoms with Crippen LogP contribution in [0.1, 0.15) is 24.0 Å². The first-order chi connectivity index (χ1) is 8.72. The second-order valence-electron chi connectivity index (χ2n) is 5.68. The van der Waals surface area contributed by atoms with E-state index in [-0.39, 0.29) is 5.82 Å². The van der Waals surface area contributed by atoms with Gasteiger partial charge in [-0.2, -0.15) is 0 Å². The molecule has 2 aliphatic rings. The third-order valence-corrected chi connectivity index (χ3v) is 4.29. The van der Waals surface area contributed by atoms with Crippen molar-refractivity contribution in [2.24, 2.45) is 11.8 Å². The SMILES string of the molecule is Cc1ccc(COC2CC3CNCC3C2)c(F)c1. The number of halogens is 1. The molecule has 0 spiro atoms. The summed E-state index contributed by atoms with van der Waals surface area (Å²) in [7, 11) is 0. The van der Waals surface area contributed by atoms with Crippen molar-refractivity contribution < 1.29 is 9.13 Å². The number of hydrogen-bond acceptors (Lipinski definition) is 2. The van der Waals surface area contributed by atoms with Gasteiger partial charge in [-0.25, -0.2) is 4.39 Å². The molecule has 18 heavy (non-hydrogen) atoms. The highest BCUT2D eigenvalue weighted by atomic mass is 19.1. The fourth-order valence-corrected chi connectivity index (χ4v) is 3.22. The van der Waals surface area contributed by atoms with Crippen LogP contribution in [-0.4, -0.2) is 19.2 Å². The van der Waals surface area contributed by atoms with Gasteiger partial charge in [-0.3, -0.25) is 0 Å². The molecule has 1 saturated carbocycles. The lowest BCUT2D eigenvalue weighted by Crippen LogP contribution is -2.16. The average Bonchev–Trinajstić information content (AvgIpc) is 2.88. The van der Waals surface area contributed by atoms with Gasteiger partial charge in [0, 0.05) is 5.56 Å². The number of aryl methyl sites for hydroxylation is 1. The summed E-state index contributed by atoms with van der Waals surface area (Å²) in [6.07, 6.45) is 2.58. The summed E-state index contributed by atoms with van der Waals surface area (Å²) in [4.78, 5) is 0. The maximum Gasteiger partial charge on any atom is 0.128 e. The minimum Gasteiger partial charge on any atom is -0.373 e. The second-order valence-corrected chi connectivity index (χ2v) is 5.68. The van der Waals surface area contributed by atoms with Crippen LogP contribution in [0.3, 0.4) is 0 Å².